The van der Waals surface area contributed by atoms with Crippen LogP contribution in [-0.4, -0.2) is 5.97 Å². The summed E-state index contributed by atoms with van der Waals surface area (Å²) in [5.74, 6) is 0.496. The summed E-state index contributed by atoms with van der Waals surface area (Å²) in [5.41, 5.74) is 0.779. The van der Waals surface area contributed by atoms with Gasteiger partial charge in [-0.3, -0.25) is 4.79 Å². The van der Waals surface area contributed by atoms with E-state index in [9.17, 15) is 4.79 Å². The Balaban J connectivity index is 2.93. The second-order valence-electron chi connectivity index (χ2n) is 6.98. The monoisotopic (exact) mass is 248 g/mol. The highest BCUT2D eigenvalue weighted by Gasteiger charge is 2.25. The molecule has 0 unspecified atom stereocenters. The van der Waals surface area contributed by atoms with Crippen molar-refractivity contribution in [2.45, 2.75) is 48.0 Å². The molecule has 0 spiro atoms. The highest BCUT2D eigenvalue weighted by atomic mass is 16.5. The molecule has 0 aliphatic rings. The Morgan fingerprint density at radius 2 is 1.61 bits per heavy atom. The van der Waals surface area contributed by atoms with Gasteiger partial charge in [0.15, 0.2) is 0 Å². The van der Waals surface area contributed by atoms with Crippen molar-refractivity contribution < 1.29 is 9.53 Å². The van der Waals surface area contributed by atoms with Crippen molar-refractivity contribution in [2.24, 2.45) is 10.8 Å². The van der Waals surface area contributed by atoms with Crippen LogP contribution in [0.15, 0.2) is 24.3 Å². The third-order valence-electron chi connectivity index (χ3n) is 2.51. The largest absolute Gasteiger partial charge is 0.426 e. The fraction of sp³-hybridized carbons (Fsp3) is 0.562. The molecule has 0 saturated heterocycles. The third-order valence-corrected chi connectivity index (χ3v) is 2.51. The first kappa shape index (κ1) is 14.7. The number of rotatable bonds is 2. The molecule has 18 heavy (non-hydrogen) atoms. The maximum Gasteiger partial charge on any atom is 0.316 e. The highest BCUT2D eigenvalue weighted by molar-refractivity contribution is 5.78. The molecule has 100 valence electrons. The normalized spacial score (nSPS) is 12.3. The zero-order valence-electron chi connectivity index (χ0n) is 12.3. The quantitative estimate of drug-likeness (QED) is 0.578. The van der Waals surface area contributed by atoms with Gasteiger partial charge in [-0.25, -0.2) is 0 Å². The minimum absolute atomic E-state index is 0.171. The Hall–Kier alpha value is -1.31. The van der Waals surface area contributed by atoms with Crippen molar-refractivity contribution >= 4 is 5.97 Å². The van der Waals surface area contributed by atoms with Crippen molar-refractivity contribution in [1.82, 2.24) is 0 Å². The van der Waals surface area contributed by atoms with E-state index >= 15 is 0 Å². The van der Waals surface area contributed by atoms with Gasteiger partial charge in [0.05, 0.1) is 5.41 Å². The molecule has 0 aromatic heterocycles. The highest BCUT2D eigenvalue weighted by Crippen LogP contribution is 2.28. The standard InChI is InChI=1S/C16H24O2/c1-15(2,3)11-12-9-7-8-10-13(12)18-14(17)16(4,5)6/h7-10H,11H2,1-6H3. The SMILES string of the molecule is CC(C)(C)Cc1ccccc1OC(=O)C(C)(C)C. The van der Waals surface area contributed by atoms with Crippen LogP contribution in [0.25, 0.3) is 0 Å². The van der Waals surface area contributed by atoms with E-state index in [1.807, 2.05) is 45.0 Å². The van der Waals surface area contributed by atoms with Crippen molar-refractivity contribution in [2.75, 3.05) is 0 Å². The number of benzene rings is 1. The summed E-state index contributed by atoms with van der Waals surface area (Å²) in [6.07, 6.45) is 0.889. The lowest BCUT2D eigenvalue weighted by Gasteiger charge is -2.22. The molecule has 0 aliphatic carbocycles. The van der Waals surface area contributed by atoms with E-state index in [1.54, 1.807) is 0 Å². The molecule has 0 aliphatic heterocycles. The van der Waals surface area contributed by atoms with E-state index in [-0.39, 0.29) is 11.4 Å². The number of hydrogen-bond acceptors (Lipinski definition) is 2. The fourth-order valence-corrected chi connectivity index (χ4v) is 1.57. The summed E-state index contributed by atoms with van der Waals surface area (Å²) >= 11 is 0. The zero-order chi connectivity index (χ0) is 14.0. The fourth-order valence-electron chi connectivity index (χ4n) is 1.57. The van der Waals surface area contributed by atoms with Crippen LogP contribution in [0.4, 0.5) is 0 Å². The zero-order valence-corrected chi connectivity index (χ0v) is 12.3. The molecule has 2 heteroatoms. The van der Waals surface area contributed by atoms with Crippen LogP contribution >= 0.6 is 0 Å². The Morgan fingerprint density at radius 1 is 1.06 bits per heavy atom. The molecule has 0 fully saturated rings. The minimum Gasteiger partial charge on any atom is -0.426 e. The van der Waals surface area contributed by atoms with Gasteiger partial charge in [-0.2, -0.15) is 0 Å². The van der Waals surface area contributed by atoms with Crippen LogP contribution in [0.3, 0.4) is 0 Å². The maximum atomic E-state index is 11.9. The Kier molecular flexibility index (Phi) is 4.20. The molecule has 0 bridgehead atoms. The average molecular weight is 248 g/mol. The van der Waals surface area contributed by atoms with Gasteiger partial charge in [0.25, 0.3) is 0 Å². The number of carbonyl (C=O) groups is 1. The Bertz CT molecular complexity index is 419. The lowest BCUT2D eigenvalue weighted by atomic mass is 9.88. The van der Waals surface area contributed by atoms with Crippen LogP contribution < -0.4 is 4.74 Å². The molecule has 2 nitrogen and oxygen atoms in total. The van der Waals surface area contributed by atoms with Gasteiger partial charge in [0.2, 0.25) is 0 Å². The van der Waals surface area contributed by atoms with Crippen LogP contribution in [0, 0.1) is 10.8 Å². The van der Waals surface area contributed by atoms with E-state index in [1.165, 1.54) is 0 Å². The van der Waals surface area contributed by atoms with Crippen LogP contribution in [0.2, 0.25) is 0 Å². The summed E-state index contributed by atoms with van der Waals surface area (Å²) in [4.78, 5) is 11.9. The third kappa shape index (κ3) is 4.52. The van der Waals surface area contributed by atoms with Gasteiger partial charge in [-0.1, -0.05) is 39.0 Å². The second kappa shape index (κ2) is 5.13. The lowest BCUT2D eigenvalue weighted by molar-refractivity contribution is -0.143. The smallest absolute Gasteiger partial charge is 0.316 e. The van der Waals surface area contributed by atoms with Gasteiger partial charge in [0.1, 0.15) is 5.75 Å². The predicted molar refractivity (Wildman–Crippen MR) is 74.7 cm³/mol. The molecule has 0 atom stereocenters. The molecule has 0 amide bonds. The van der Waals surface area contributed by atoms with Crippen LogP contribution in [-0.2, 0) is 11.2 Å². The number of esters is 1. The van der Waals surface area contributed by atoms with Crippen molar-refractivity contribution in [1.29, 1.82) is 0 Å². The number of ether oxygens (including phenoxy) is 1. The molecular formula is C16H24O2. The predicted octanol–water partition coefficient (Wildman–Crippen LogP) is 4.23. The topological polar surface area (TPSA) is 26.3 Å². The summed E-state index contributed by atoms with van der Waals surface area (Å²) in [6.45, 7) is 12.1. The first-order chi connectivity index (χ1) is 8.09. The molecule has 0 heterocycles. The minimum atomic E-state index is -0.477. The van der Waals surface area contributed by atoms with E-state index in [0.717, 1.165) is 12.0 Å². The summed E-state index contributed by atoms with van der Waals surface area (Å²) in [7, 11) is 0. The summed E-state index contributed by atoms with van der Waals surface area (Å²) in [5, 5.41) is 0. The van der Waals surface area contributed by atoms with Crippen molar-refractivity contribution in [3.05, 3.63) is 29.8 Å². The Labute approximate surface area is 110 Å². The van der Waals surface area contributed by atoms with E-state index in [0.29, 0.717) is 5.75 Å². The van der Waals surface area contributed by atoms with Crippen LogP contribution in [0.1, 0.15) is 47.1 Å². The molecule has 0 saturated carbocycles. The summed E-state index contributed by atoms with van der Waals surface area (Å²) in [6, 6.07) is 7.77. The number of carbonyl (C=O) groups excluding carboxylic acids is 1. The van der Waals surface area contributed by atoms with E-state index in [4.69, 9.17) is 4.74 Å². The first-order valence-electron chi connectivity index (χ1n) is 6.40. The summed E-state index contributed by atoms with van der Waals surface area (Å²) < 4.78 is 5.52. The Morgan fingerprint density at radius 3 is 2.11 bits per heavy atom. The number of hydrogen-bond donors (Lipinski definition) is 0. The molecule has 0 radical (unpaired) electrons. The van der Waals surface area contributed by atoms with E-state index < -0.39 is 5.41 Å². The van der Waals surface area contributed by atoms with E-state index in [2.05, 4.69) is 20.8 Å². The maximum absolute atomic E-state index is 11.9. The molecule has 1 aromatic rings. The van der Waals surface area contributed by atoms with Gasteiger partial charge in [-0.15, -0.1) is 0 Å². The lowest BCUT2D eigenvalue weighted by Crippen LogP contribution is -2.26. The van der Waals surface area contributed by atoms with Gasteiger partial charge < -0.3 is 4.74 Å². The van der Waals surface area contributed by atoms with Gasteiger partial charge in [-0.05, 0) is 44.2 Å². The number of para-hydroxylation sites is 1. The second-order valence-corrected chi connectivity index (χ2v) is 6.98. The van der Waals surface area contributed by atoms with Crippen molar-refractivity contribution in [3.63, 3.8) is 0 Å². The molecule has 1 rings (SSSR count). The molecular weight excluding hydrogens is 224 g/mol. The van der Waals surface area contributed by atoms with Gasteiger partial charge in [0, 0.05) is 0 Å². The molecule has 1 aromatic carbocycles. The average Bonchev–Trinajstić information content (AvgIpc) is 2.17. The first-order valence-corrected chi connectivity index (χ1v) is 6.40. The van der Waals surface area contributed by atoms with Crippen molar-refractivity contribution in [3.8, 4) is 5.75 Å². The van der Waals surface area contributed by atoms with Gasteiger partial charge >= 0.3 is 5.97 Å². The van der Waals surface area contributed by atoms with Crippen LogP contribution in [0.5, 0.6) is 5.75 Å². The molecule has 0 N–H and O–H groups in total.